The van der Waals surface area contributed by atoms with E-state index < -0.39 is 37.9 Å². The van der Waals surface area contributed by atoms with Gasteiger partial charge in [0.15, 0.2) is 0 Å². The first kappa shape index (κ1) is 19.9. The fraction of sp³-hybridized carbons (Fsp3) is 0.667. The van der Waals surface area contributed by atoms with E-state index in [1.54, 1.807) is 16.8 Å². The van der Waals surface area contributed by atoms with Gasteiger partial charge in [-0.2, -0.15) is 0 Å². The van der Waals surface area contributed by atoms with Gasteiger partial charge in [0.2, 0.25) is 0 Å². The van der Waals surface area contributed by atoms with Gasteiger partial charge in [-0.1, -0.05) is 0 Å². The van der Waals surface area contributed by atoms with Gasteiger partial charge < -0.3 is 0 Å². The average molecular weight is 412 g/mol. The molecule has 0 amide bonds. The Morgan fingerprint density at radius 3 is 2.57 bits per heavy atom. The first-order chi connectivity index (χ1) is 13.0. The normalized spacial score (nSPS) is 36.0. The van der Waals surface area contributed by atoms with Crippen LogP contribution in [0.25, 0.3) is 11.0 Å². The van der Waals surface area contributed by atoms with Crippen molar-refractivity contribution in [3.63, 3.8) is 0 Å². The zero-order valence-corrected chi connectivity index (χ0v) is 17.5. The SMILES string of the molecule is CC1C(C)[PH]1(O)OC(C)(C)C[C@H]1OC(n2ccc3c(N)ncnc32)[C@H](O)[C@@H]1O. The maximum absolute atomic E-state index is 10.7. The van der Waals surface area contributed by atoms with Crippen molar-refractivity contribution in [2.45, 2.75) is 75.6 Å². The van der Waals surface area contributed by atoms with E-state index in [9.17, 15) is 15.1 Å². The molecule has 2 aromatic heterocycles. The van der Waals surface area contributed by atoms with Crippen LogP contribution in [0.4, 0.5) is 5.82 Å². The number of aliphatic hydroxyl groups is 2. The van der Waals surface area contributed by atoms with Crippen LogP contribution in [-0.4, -0.2) is 64.9 Å². The molecule has 2 aliphatic heterocycles. The van der Waals surface area contributed by atoms with Crippen LogP contribution in [0, 0.1) is 0 Å². The van der Waals surface area contributed by atoms with Crippen molar-refractivity contribution < 1.29 is 24.4 Å². The molecule has 156 valence electrons. The zero-order chi connectivity index (χ0) is 20.4. The molecule has 2 saturated heterocycles. The number of aliphatic hydroxyl groups excluding tert-OH is 2. The molecule has 9 nitrogen and oxygen atoms in total. The van der Waals surface area contributed by atoms with Gasteiger partial charge in [0.1, 0.15) is 0 Å². The summed E-state index contributed by atoms with van der Waals surface area (Å²) in [6, 6.07) is 1.75. The van der Waals surface area contributed by atoms with Gasteiger partial charge in [-0.3, -0.25) is 0 Å². The topological polar surface area (TPSA) is 136 Å². The third kappa shape index (κ3) is 3.10. The summed E-state index contributed by atoms with van der Waals surface area (Å²) in [7, 11) is -2.71. The number of anilines is 1. The first-order valence-corrected chi connectivity index (χ1v) is 11.6. The fourth-order valence-corrected chi connectivity index (χ4v) is 7.39. The van der Waals surface area contributed by atoms with Crippen LogP contribution in [0.1, 0.15) is 40.3 Å². The molecule has 28 heavy (non-hydrogen) atoms. The van der Waals surface area contributed by atoms with Crippen molar-refractivity contribution in [2.24, 2.45) is 0 Å². The van der Waals surface area contributed by atoms with Crippen LogP contribution in [0.5, 0.6) is 0 Å². The Bertz CT molecular complexity index is 882. The summed E-state index contributed by atoms with van der Waals surface area (Å²) in [5, 5.41) is 21.8. The standard InChI is InChI=1S/C18H29N4O5P/c1-9-10(2)28(9,25)27-18(3,4)7-12-13(23)14(24)17(26-12)22-6-5-11-15(19)20-8-21-16(11)22/h5-6,8-10,12-14,17,23-25,28H,7H2,1-4H3,(H2,19,20,21)/t9?,10?,12-,13-,14-,17?/m1/s1. The molecular formula is C18H29N4O5P. The van der Waals surface area contributed by atoms with Crippen LogP contribution < -0.4 is 5.73 Å². The van der Waals surface area contributed by atoms with E-state index in [4.69, 9.17) is 15.0 Å². The number of rotatable bonds is 5. The fourth-order valence-electron chi connectivity index (χ4n) is 4.19. The predicted molar refractivity (Wildman–Crippen MR) is 107 cm³/mol. The van der Waals surface area contributed by atoms with Crippen LogP contribution >= 0.6 is 7.72 Å². The third-order valence-electron chi connectivity index (χ3n) is 6.23. The monoisotopic (exact) mass is 412 g/mol. The Hall–Kier alpha value is -1.35. The van der Waals surface area contributed by atoms with Gasteiger partial charge in [0, 0.05) is 0 Å². The number of aromatic nitrogens is 3. The number of nitrogen functional groups attached to an aromatic ring is 1. The Morgan fingerprint density at radius 1 is 1.25 bits per heavy atom. The summed E-state index contributed by atoms with van der Waals surface area (Å²) in [5.74, 6) is 0.341. The summed E-state index contributed by atoms with van der Waals surface area (Å²) >= 11 is 0. The number of ether oxygens (including phenoxy) is 1. The van der Waals surface area contributed by atoms with E-state index in [1.807, 2.05) is 27.7 Å². The molecule has 0 radical (unpaired) electrons. The van der Waals surface area contributed by atoms with E-state index in [0.29, 0.717) is 23.3 Å². The first-order valence-electron chi connectivity index (χ1n) is 9.56. The van der Waals surface area contributed by atoms with E-state index in [0.717, 1.165) is 0 Å². The Balaban J connectivity index is 1.52. The molecular weight excluding hydrogens is 383 g/mol. The van der Waals surface area contributed by atoms with Gasteiger partial charge in [-0.15, -0.1) is 0 Å². The molecule has 3 unspecified atom stereocenters. The molecule has 0 bridgehead atoms. The predicted octanol–water partition coefficient (Wildman–Crippen LogP) is 1.18. The van der Waals surface area contributed by atoms with E-state index >= 15 is 0 Å². The van der Waals surface area contributed by atoms with E-state index in [2.05, 4.69) is 9.97 Å². The van der Waals surface area contributed by atoms with Crippen LogP contribution in [0.15, 0.2) is 18.6 Å². The molecule has 0 saturated carbocycles. The zero-order valence-electron chi connectivity index (χ0n) is 16.5. The Labute approximate surface area is 164 Å². The second kappa shape index (κ2) is 6.58. The van der Waals surface area contributed by atoms with Crippen LogP contribution in [-0.2, 0) is 9.26 Å². The van der Waals surface area contributed by atoms with Crippen molar-refractivity contribution in [2.75, 3.05) is 5.73 Å². The molecule has 0 aliphatic carbocycles. The summed E-state index contributed by atoms with van der Waals surface area (Å²) in [4.78, 5) is 18.9. The Morgan fingerprint density at radius 2 is 1.93 bits per heavy atom. The van der Waals surface area contributed by atoms with Crippen molar-refractivity contribution in [1.29, 1.82) is 0 Å². The van der Waals surface area contributed by atoms with Crippen molar-refractivity contribution >= 4 is 24.6 Å². The minimum absolute atomic E-state index is 0.191. The molecule has 5 N–H and O–H groups in total. The van der Waals surface area contributed by atoms with Gasteiger partial charge in [-0.25, -0.2) is 0 Å². The quantitative estimate of drug-likeness (QED) is 0.538. The number of fused-ring (bicyclic) bond motifs is 1. The second-order valence-electron chi connectivity index (χ2n) is 8.66. The maximum atomic E-state index is 10.7. The summed E-state index contributed by atoms with van der Waals surface area (Å²) in [6.07, 6.45) is -0.267. The Kier molecular flexibility index (Phi) is 4.69. The van der Waals surface area contributed by atoms with E-state index in [1.165, 1.54) is 6.33 Å². The molecule has 6 atom stereocenters. The summed E-state index contributed by atoms with van der Waals surface area (Å²) in [5.41, 5.74) is 6.10. The number of hydrogen-bond donors (Lipinski definition) is 4. The van der Waals surface area contributed by atoms with Gasteiger partial charge >= 0.3 is 163 Å². The second-order valence-corrected chi connectivity index (χ2v) is 12.2. The van der Waals surface area contributed by atoms with Crippen LogP contribution in [0.2, 0.25) is 0 Å². The van der Waals surface area contributed by atoms with Crippen molar-refractivity contribution in [3.8, 4) is 0 Å². The van der Waals surface area contributed by atoms with E-state index in [-0.39, 0.29) is 11.3 Å². The number of nitrogens with two attached hydrogens (primary N) is 1. The molecule has 10 heteroatoms. The van der Waals surface area contributed by atoms with Crippen molar-refractivity contribution in [3.05, 3.63) is 18.6 Å². The molecule has 4 heterocycles. The molecule has 0 spiro atoms. The molecule has 2 aliphatic rings. The summed E-state index contributed by atoms with van der Waals surface area (Å²) < 4.78 is 13.8. The molecule has 2 fully saturated rings. The minimum atomic E-state index is -2.71. The molecule has 0 aromatic carbocycles. The molecule has 2 aromatic rings. The molecule has 4 rings (SSSR count). The number of hydrogen-bond acceptors (Lipinski definition) is 8. The average Bonchev–Trinajstić information content (AvgIpc) is 2.99. The third-order valence-corrected chi connectivity index (χ3v) is 10.3. The van der Waals surface area contributed by atoms with Gasteiger partial charge in [0.05, 0.1) is 0 Å². The summed E-state index contributed by atoms with van der Waals surface area (Å²) in [6.45, 7) is 7.76. The number of nitrogens with zero attached hydrogens (tertiary/aromatic N) is 3. The van der Waals surface area contributed by atoms with Gasteiger partial charge in [-0.05, 0) is 0 Å². The van der Waals surface area contributed by atoms with Crippen LogP contribution in [0.3, 0.4) is 0 Å². The van der Waals surface area contributed by atoms with Gasteiger partial charge in [0.25, 0.3) is 0 Å². The van der Waals surface area contributed by atoms with Crippen molar-refractivity contribution in [1.82, 2.24) is 14.5 Å².